The predicted octanol–water partition coefficient (Wildman–Crippen LogP) is -1.56. The van der Waals surface area contributed by atoms with Gasteiger partial charge < -0.3 is 20.1 Å². The van der Waals surface area contributed by atoms with Gasteiger partial charge in [0.05, 0.1) is 13.2 Å². The van der Waals surface area contributed by atoms with Crippen LogP contribution in [0, 0.1) is 0 Å². The number of aromatic amines is 1. The van der Waals surface area contributed by atoms with E-state index in [1.807, 2.05) is 0 Å². The first-order chi connectivity index (χ1) is 8.63. The lowest BCUT2D eigenvalue weighted by Gasteiger charge is -2.20. The number of hydrogen-bond donors (Lipinski definition) is 3. The quantitative estimate of drug-likeness (QED) is 0.538. The Kier molecular flexibility index (Phi) is 5.51. The molecule has 2 amide bonds. The maximum Gasteiger partial charge on any atom is 0.323 e. The lowest BCUT2D eigenvalue weighted by atomic mass is 10.5. The van der Waals surface area contributed by atoms with E-state index in [-0.39, 0.29) is 19.7 Å². The summed E-state index contributed by atoms with van der Waals surface area (Å²) in [7, 11) is 1.47. The van der Waals surface area contributed by atoms with Gasteiger partial charge in [0.15, 0.2) is 5.82 Å². The molecule has 0 radical (unpaired) electrons. The average molecular weight is 258 g/mol. The van der Waals surface area contributed by atoms with Gasteiger partial charge in [-0.25, -0.2) is 4.79 Å². The molecular formula is C8H14N6O4. The lowest BCUT2D eigenvalue weighted by Crippen LogP contribution is -2.44. The third-order valence-electron chi connectivity index (χ3n) is 1.97. The average Bonchev–Trinajstić information content (AvgIpc) is 2.84. The Hall–Kier alpha value is -2.23. The third kappa shape index (κ3) is 4.74. The summed E-state index contributed by atoms with van der Waals surface area (Å²) in [6.07, 6.45) is 0. The number of tetrazole rings is 1. The first kappa shape index (κ1) is 13.8. The Labute approximate surface area is 102 Å². The summed E-state index contributed by atoms with van der Waals surface area (Å²) in [5, 5.41) is 24.0. The van der Waals surface area contributed by atoms with Gasteiger partial charge in [0.25, 0.3) is 0 Å². The summed E-state index contributed by atoms with van der Waals surface area (Å²) >= 11 is 0. The molecule has 3 N–H and O–H groups in total. The number of aromatic nitrogens is 4. The van der Waals surface area contributed by atoms with Crippen LogP contribution in [-0.2, 0) is 16.1 Å². The van der Waals surface area contributed by atoms with Crippen molar-refractivity contribution in [2.24, 2.45) is 0 Å². The van der Waals surface area contributed by atoms with Gasteiger partial charge in [-0.15, -0.1) is 10.2 Å². The number of ether oxygens (including phenoxy) is 1. The number of methoxy groups -OCH3 is 1. The van der Waals surface area contributed by atoms with Crippen LogP contribution in [0.15, 0.2) is 0 Å². The monoisotopic (exact) mass is 258 g/mol. The van der Waals surface area contributed by atoms with E-state index in [1.54, 1.807) is 0 Å². The highest BCUT2D eigenvalue weighted by Crippen LogP contribution is 1.92. The van der Waals surface area contributed by atoms with Crippen LogP contribution >= 0.6 is 0 Å². The van der Waals surface area contributed by atoms with Crippen LogP contribution in [0.5, 0.6) is 0 Å². The molecule has 0 atom stereocenters. The van der Waals surface area contributed by atoms with Crippen LogP contribution in [0.1, 0.15) is 5.82 Å². The largest absolute Gasteiger partial charge is 0.480 e. The summed E-state index contributed by atoms with van der Waals surface area (Å²) in [5.41, 5.74) is 0. The molecule has 0 saturated heterocycles. The number of H-pyrrole nitrogens is 1. The van der Waals surface area contributed by atoms with Crippen molar-refractivity contribution >= 4 is 12.0 Å². The predicted molar refractivity (Wildman–Crippen MR) is 57.5 cm³/mol. The Morgan fingerprint density at radius 1 is 1.56 bits per heavy atom. The van der Waals surface area contributed by atoms with Crippen LogP contribution < -0.4 is 5.32 Å². The number of carboxylic acid groups (broad SMARTS) is 1. The molecule has 100 valence electrons. The number of rotatable bonds is 7. The number of amides is 2. The number of nitrogens with zero attached hydrogens (tertiary/aromatic N) is 4. The molecule has 0 spiro atoms. The number of nitrogens with one attached hydrogen (secondary N) is 2. The van der Waals surface area contributed by atoms with E-state index in [4.69, 9.17) is 9.84 Å². The molecule has 18 heavy (non-hydrogen) atoms. The number of aliphatic carboxylic acids is 1. The van der Waals surface area contributed by atoms with E-state index in [2.05, 4.69) is 25.9 Å². The second-order valence-corrected chi connectivity index (χ2v) is 3.29. The van der Waals surface area contributed by atoms with Crippen molar-refractivity contribution in [3.8, 4) is 0 Å². The minimum absolute atomic E-state index is 0.0679. The van der Waals surface area contributed by atoms with Crippen molar-refractivity contribution in [1.29, 1.82) is 0 Å². The van der Waals surface area contributed by atoms with Gasteiger partial charge >= 0.3 is 12.0 Å². The molecule has 0 aliphatic heterocycles. The molecule has 0 aliphatic carbocycles. The van der Waals surface area contributed by atoms with E-state index in [0.717, 1.165) is 4.90 Å². The van der Waals surface area contributed by atoms with E-state index in [1.165, 1.54) is 7.11 Å². The van der Waals surface area contributed by atoms with Gasteiger partial charge in [0, 0.05) is 13.7 Å². The normalized spacial score (nSPS) is 10.1. The van der Waals surface area contributed by atoms with E-state index in [9.17, 15) is 9.59 Å². The molecule has 0 aliphatic rings. The van der Waals surface area contributed by atoms with Gasteiger partial charge in [0.1, 0.15) is 6.54 Å². The molecule has 0 saturated carbocycles. The Bertz CT molecular complexity index is 381. The SMILES string of the molecule is COCCN(CC(=O)O)C(=O)NCc1nn[nH]n1. The van der Waals surface area contributed by atoms with Crippen LogP contribution in [0.3, 0.4) is 0 Å². The maximum atomic E-state index is 11.7. The van der Waals surface area contributed by atoms with Crippen LogP contribution in [0.4, 0.5) is 4.79 Å². The molecule has 1 rings (SSSR count). The first-order valence-corrected chi connectivity index (χ1v) is 5.09. The molecule has 10 nitrogen and oxygen atoms in total. The summed E-state index contributed by atoms with van der Waals surface area (Å²) in [6, 6.07) is -0.528. The standard InChI is InChI=1S/C8H14N6O4/c1-18-3-2-14(5-7(15)16)8(17)9-4-6-10-12-13-11-6/h2-5H2,1H3,(H,9,17)(H,15,16)(H,10,11,12,13). The van der Waals surface area contributed by atoms with Crippen molar-refractivity contribution in [2.45, 2.75) is 6.54 Å². The Morgan fingerprint density at radius 2 is 2.33 bits per heavy atom. The topological polar surface area (TPSA) is 133 Å². The zero-order valence-electron chi connectivity index (χ0n) is 9.79. The summed E-state index contributed by atoms with van der Waals surface area (Å²) in [4.78, 5) is 23.4. The second kappa shape index (κ2) is 7.17. The Morgan fingerprint density at radius 3 is 2.89 bits per heavy atom. The van der Waals surface area contributed by atoms with Gasteiger partial charge in [-0.05, 0) is 0 Å². The number of carboxylic acids is 1. The molecule has 1 aromatic heterocycles. The lowest BCUT2D eigenvalue weighted by molar-refractivity contribution is -0.137. The van der Waals surface area contributed by atoms with Gasteiger partial charge in [-0.3, -0.25) is 4.79 Å². The first-order valence-electron chi connectivity index (χ1n) is 5.09. The number of urea groups is 1. The van der Waals surface area contributed by atoms with Crippen molar-refractivity contribution in [2.75, 3.05) is 26.8 Å². The van der Waals surface area contributed by atoms with Gasteiger partial charge in [-0.1, -0.05) is 5.21 Å². The van der Waals surface area contributed by atoms with Crippen molar-refractivity contribution in [3.63, 3.8) is 0 Å². The highest BCUT2D eigenvalue weighted by Gasteiger charge is 2.16. The van der Waals surface area contributed by atoms with E-state index < -0.39 is 18.5 Å². The summed E-state index contributed by atoms with van der Waals surface area (Å²) < 4.78 is 4.80. The maximum absolute atomic E-state index is 11.7. The highest BCUT2D eigenvalue weighted by atomic mass is 16.5. The smallest absolute Gasteiger partial charge is 0.323 e. The minimum Gasteiger partial charge on any atom is -0.480 e. The van der Waals surface area contributed by atoms with Crippen LogP contribution in [0.2, 0.25) is 0 Å². The molecular weight excluding hydrogens is 244 g/mol. The highest BCUT2D eigenvalue weighted by molar-refractivity contribution is 5.79. The van der Waals surface area contributed by atoms with Crippen molar-refractivity contribution in [3.05, 3.63) is 5.82 Å². The Balaban J connectivity index is 2.44. The zero-order valence-corrected chi connectivity index (χ0v) is 9.79. The fourth-order valence-corrected chi connectivity index (χ4v) is 1.14. The van der Waals surface area contributed by atoms with E-state index in [0.29, 0.717) is 5.82 Å². The molecule has 10 heteroatoms. The molecule has 0 bridgehead atoms. The second-order valence-electron chi connectivity index (χ2n) is 3.29. The summed E-state index contributed by atoms with van der Waals surface area (Å²) in [5.74, 6) is -0.786. The van der Waals surface area contributed by atoms with Crippen molar-refractivity contribution in [1.82, 2.24) is 30.8 Å². The van der Waals surface area contributed by atoms with Crippen LogP contribution in [-0.4, -0.2) is 69.4 Å². The molecule has 0 unspecified atom stereocenters. The fraction of sp³-hybridized carbons (Fsp3) is 0.625. The van der Waals surface area contributed by atoms with Gasteiger partial charge in [0.2, 0.25) is 0 Å². The molecule has 1 aromatic rings. The molecule has 0 aromatic carbocycles. The van der Waals surface area contributed by atoms with E-state index >= 15 is 0 Å². The van der Waals surface area contributed by atoms with Gasteiger partial charge in [-0.2, -0.15) is 5.21 Å². The zero-order chi connectivity index (χ0) is 13.4. The number of carbonyl (C=O) groups is 2. The third-order valence-corrected chi connectivity index (χ3v) is 1.97. The minimum atomic E-state index is -1.10. The van der Waals surface area contributed by atoms with Crippen LogP contribution in [0.25, 0.3) is 0 Å². The number of hydrogen-bond acceptors (Lipinski definition) is 6. The molecule has 0 fully saturated rings. The number of carbonyl (C=O) groups excluding carboxylic acids is 1. The summed E-state index contributed by atoms with van der Waals surface area (Å²) in [6.45, 7) is 0.101. The van der Waals surface area contributed by atoms with Crippen molar-refractivity contribution < 1.29 is 19.4 Å². The fourth-order valence-electron chi connectivity index (χ4n) is 1.14. The molecule has 1 heterocycles.